The predicted molar refractivity (Wildman–Crippen MR) is 77.0 cm³/mol. The largest absolute Gasteiger partial charge is 0.411 e. The van der Waals surface area contributed by atoms with Crippen LogP contribution in [0.1, 0.15) is 34.7 Å². The second kappa shape index (κ2) is 4.92. The zero-order valence-corrected chi connectivity index (χ0v) is 11.2. The molecule has 0 fully saturated rings. The summed E-state index contributed by atoms with van der Waals surface area (Å²) in [5, 5.41) is 12.6. The Balaban J connectivity index is 2.00. The lowest BCUT2D eigenvalue weighted by atomic mass is 9.81. The first kappa shape index (κ1) is 12.6. The van der Waals surface area contributed by atoms with Crippen molar-refractivity contribution >= 4 is 11.7 Å². The highest BCUT2D eigenvalue weighted by Gasteiger charge is 2.26. The van der Waals surface area contributed by atoms with Crippen LogP contribution in [0.15, 0.2) is 35.6 Å². The molecule has 0 radical (unpaired) electrons. The number of nitrogens with two attached hydrogens (primary N) is 1. The highest BCUT2D eigenvalue weighted by Crippen LogP contribution is 2.32. The van der Waals surface area contributed by atoms with Gasteiger partial charge in [-0.15, -0.1) is 0 Å². The van der Waals surface area contributed by atoms with Crippen molar-refractivity contribution < 1.29 is 5.21 Å². The lowest BCUT2D eigenvalue weighted by molar-refractivity contribution is 0.316. The molecule has 2 aromatic rings. The molecule has 0 aliphatic heterocycles. The van der Waals surface area contributed by atoms with Gasteiger partial charge in [-0.05, 0) is 24.8 Å². The third-order valence-corrected chi connectivity index (χ3v) is 3.75. The maximum absolute atomic E-state index is 9.22. The summed E-state index contributed by atoms with van der Waals surface area (Å²) in [5.74, 6) is 0.508. The summed E-state index contributed by atoms with van der Waals surface area (Å²) in [6.45, 7) is 2.06. The number of fused-ring (bicyclic) bond motifs is 1. The van der Waals surface area contributed by atoms with Gasteiger partial charge < -0.3 is 10.9 Å². The Hall–Kier alpha value is -2.43. The van der Waals surface area contributed by atoms with Crippen LogP contribution in [0.25, 0.3) is 0 Å². The van der Waals surface area contributed by atoms with Gasteiger partial charge in [0.2, 0.25) is 5.95 Å². The van der Waals surface area contributed by atoms with E-state index in [0.717, 1.165) is 17.7 Å². The zero-order valence-electron chi connectivity index (χ0n) is 11.2. The molecule has 1 atom stereocenters. The van der Waals surface area contributed by atoms with Crippen molar-refractivity contribution in [3.63, 3.8) is 0 Å². The van der Waals surface area contributed by atoms with Gasteiger partial charge in [-0.2, -0.15) is 0 Å². The maximum Gasteiger partial charge on any atom is 0.220 e. The molecule has 20 heavy (non-hydrogen) atoms. The first-order chi connectivity index (χ1) is 9.67. The summed E-state index contributed by atoms with van der Waals surface area (Å²) in [6, 6.07) is 8.42. The summed E-state index contributed by atoms with van der Waals surface area (Å²) in [5.41, 5.74) is 10.4. The number of benzene rings is 1. The average Bonchev–Trinajstić information content (AvgIpc) is 2.46. The van der Waals surface area contributed by atoms with Gasteiger partial charge in [-0.1, -0.05) is 35.0 Å². The Morgan fingerprint density at radius 1 is 1.25 bits per heavy atom. The first-order valence-corrected chi connectivity index (χ1v) is 6.56. The van der Waals surface area contributed by atoms with E-state index in [2.05, 4.69) is 46.3 Å². The summed E-state index contributed by atoms with van der Waals surface area (Å²) in [4.78, 5) is 8.25. The van der Waals surface area contributed by atoms with Crippen LogP contribution < -0.4 is 5.73 Å². The number of hydrogen-bond acceptors (Lipinski definition) is 5. The number of oxime groups is 1. The van der Waals surface area contributed by atoms with Gasteiger partial charge in [0.05, 0.1) is 11.4 Å². The summed E-state index contributed by atoms with van der Waals surface area (Å²) < 4.78 is 0. The molecule has 1 aromatic heterocycles. The van der Waals surface area contributed by atoms with Crippen LogP contribution in [0.2, 0.25) is 0 Å². The standard InChI is InChI=1S/C15H16N4O/c1-9-2-4-10(5-3-9)11-6-13-12(14(7-11)19-20)8-17-15(16)18-13/h2-5,8,11,20H,6-7H2,1H3,(H2,16,17,18). The van der Waals surface area contributed by atoms with Crippen LogP contribution >= 0.6 is 0 Å². The topological polar surface area (TPSA) is 84.4 Å². The van der Waals surface area contributed by atoms with Gasteiger partial charge in [0.25, 0.3) is 0 Å². The van der Waals surface area contributed by atoms with E-state index in [1.807, 2.05) is 0 Å². The summed E-state index contributed by atoms with van der Waals surface area (Å²) in [6.07, 6.45) is 3.10. The quantitative estimate of drug-likeness (QED) is 0.614. The highest BCUT2D eigenvalue weighted by molar-refractivity contribution is 6.02. The van der Waals surface area contributed by atoms with E-state index in [4.69, 9.17) is 5.73 Å². The number of nitrogen functional groups attached to an aromatic ring is 1. The van der Waals surface area contributed by atoms with Gasteiger partial charge in [0.1, 0.15) is 0 Å². The molecule has 0 bridgehead atoms. The van der Waals surface area contributed by atoms with Gasteiger partial charge >= 0.3 is 0 Å². The molecule has 3 rings (SSSR count). The van der Waals surface area contributed by atoms with Gasteiger partial charge in [-0.3, -0.25) is 0 Å². The van der Waals surface area contributed by atoms with Gasteiger partial charge in [0, 0.05) is 18.2 Å². The molecular weight excluding hydrogens is 252 g/mol. The van der Waals surface area contributed by atoms with E-state index in [1.165, 1.54) is 11.1 Å². The Morgan fingerprint density at radius 3 is 2.70 bits per heavy atom. The van der Waals surface area contributed by atoms with E-state index in [9.17, 15) is 5.21 Å². The van der Waals surface area contributed by atoms with Gasteiger partial charge in [-0.25, -0.2) is 9.97 Å². The normalized spacial score (nSPS) is 19.9. The van der Waals surface area contributed by atoms with Gasteiger partial charge in [0.15, 0.2) is 0 Å². The van der Waals surface area contributed by atoms with Crippen LogP contribution in [0.4, 0.5) is 5.95 Å². The molecule has 0 spiro atoms. The second-order valence-corrected chi connectivity index (χ2v) is 5.15. The molecule has 102 valence electrons. The Labute approximate surface area is 117 Å². The number of hydrogen-bond donors (Lipinski definition) is 2. The maximum atomic E-state index is 9.22. The fourth-order valence-corrected chi connectivity index (χ4v) is 2.65. The number of anilines is 1. The third kappa shape index (κ3) is 2.22. The number of aryl methyl sites for hydroxylation is 1. The highest BCUT2D eigenvalue weighted by atomic mass is 16.4. The average molecular weight is 268 g/mol. The van der Waals surface area contributed by atoms with E-state index < -0.39 is 0 Å². The minimum Gasteiger partial charge on any atom is -0.411 e. The van der Waals surface area contributed by atoms with E-state index in [-0.39, 0.29) is 11.9 Å². The lowest BCUT2D eigenvalue weighted by Crippen LogP contribution is -2.22. The molecule has 1 aliphatic rings. The van der Waals surface area contributed by atoms with Crippen molar-refractivity contribution in [1.82, 2.24) is 9.97 Å². The molecule has 1 unspecified atom stereocenters. The first-order valence-electron chi connectivity index (χ1n) is 6.56. The van der Waals surface area contributed by atoms with E-state index >= 15 is 0 Å². The minimum atomic E-state index is 0.253. The predicted octanol–water partition coefficient (Wildman–Crippen LogP) is 2.28. The Kier molecular flexibility index (Phi) is 3.10. The molecule has 5 heteroatoms. The van der Waals surface area contributed by atoms with Crippen molar-refractivity contribution in [3.8, 4) is 0 Å². The van der Waals surface area contributed by atoms with Crippen molar-refractivity contribution in [2.75, 3.05) is 5.73 Å². The third-order valence-electron chi connectivity index (χ3n) is 3.75. The van der Waals surface area contributed by atoms with Crippen molar-refractivity contribution in [1.29, 1.82) is 0 Å². The molecule has 1 heterocycles. The fourth-order valence-electron chi connectivity index (χ4n) is 2.65. The molecule has 0 amide bonds. The van der Waals surface area contributed by atoms with E-state index in [0.29, 0.717) is 12.1 Å². The van der Waals surface area contributed by atoms with Crippen LogP contribution in [0.3, 0.4) is 0 Å². The summed E-state index contributed by atoms with van der Waals surface area (Å²) >= 11 is 0. The number of rotatable bonds is 1. The van der Waals surface area contributed by atoms with Crippen LogP contribution in [0, 0.1) is 6.92 Å². The monoisotopic (exact) mass is 268 g/mol. The Morgan fingerprint density at radius 2 is 2.00 bits per heavy atom. The minimum absolute atomic E-state index is 0.253. The molecule has 5 nitrogen and oxygen atoms in total. The van der Waals surface area contributed by atoms with Crippen LogP contribution in [-0.4, -0.2) is 20.9 Å². The molecule has 0 saturated carbocycles. The fraction of sp³-hybridized carbons (Fsp3) is 0.267. The molecule has 3 N–H and O–H groups in total. The smallest absolute Gasteiger partial charge is 0.220 e. The van der Waals surface area contributed by atoms with Crippen LogP contribution in [0.5, 0.6) is 0 Å². The van der Waals surface area contributed by atoms with Crippen molar-refractivity contribution in [2.45, 2.75) is 25.7 Å². The Bertz CT molecular complexity index is 664. The molecule has 1 aliphatic carbocycles. The van der Waals surface area contributed by atoms with Crippen LogP contribution in [-0.2, 0) is 6.42 Å². The molecule has 1 aromatic carbocycles. The zero-order chi connectivity index (χ0) is 14.1. The SMILES string of the molecule is Cc1ccc(C2CC(=NO)c3cnc(N)nc3C2)cc1. The van der Waals surface area contributed by atoms with Crippen molar-refractivity contribution in [2.24, 2.45) is 5.16 Å². The second-order valence-electron chi connectivity index (χ2n) is 5.15. The number of nitrogens with zero attached hydrogens (tertiary/aromatic N) is 3. The number of aromatic nitrogens is 2. The van der Waals surface area contributed by atoms with E-state index in [1.54, 1.807) is 6.20 Å². The summed E-state index contributed by atoms with van der Waals surface area (Å²) in [7, 11) is 0. The molecular formula is C15H16N4O. The molecule has 0 saturated heterocycles. The lowest BCUT2D eigenvalue weighted by Gasteiger charge is -2.24. The van der Waals surface area contributed by atoms with Crippen molar-refractivity contribution in [3.05, 3.63) is 52.8 Å².